The van der Waals surface area contributed by atoms with Gasteiger partial charge in [-0.05, 0) is 30.2 Å². The Kier molecular flexibility index (Phi) is 4.61. The number of furan rings is 1. The Morgan fingerprint density at radius 3 is 2.52 bits per heavy atom. The second-order valence-corrected chi connectivity index (χ2v) is 5.59. The molecule has 25 heavy (non-hydrogen) atoms. The van der Waals surface area contributed by atoms with Gasteiger partial charge < -0.3 is 9.73 Å². The van der Waals surface area contributed by atoms with Crippen molar-refractivity contribution in [2.45, 2.75) is 13.0 Å². The minimum atomic E-state index is -0.516. The van der Waals surface area contributed by atoms with Crippen LogP contribution in [0, 0.1) is 17.0 Å². The second-order valence-electron chi connectivity index (χ2n) is 5.59. The third kappa shape index (κ3) is 3.58. The molecule has 0 fully saturated rings. The van der Waals surface area contributed by atoms with Crippen LogP contribution in [0.2, 0.25) is 0 Å². The van der Waals surface area contributed by atoms with E-state index in [9.17, 15) is 14.9 Å². The maximum atomic E-state index is 12.7. The van der Waals surface area contributed by atoms with Crippen LogP contribution < -0.4 is 5.32 Å². The molecule has 6 heteroatoms. The fraction of sp³-hybridized carbons (Fsp3) is 0.105. The van der Waals surface area contributed by atoms with Crippen molar-refractivity contribution in [3.8, 4) is 0 Å². The maximum absolute atomic E-state index is 12.7. The van der Waals surface area contributed by atoms with Crippen LogP contribution in [0.1, 0.15) is 33.3 Å². The summed E-state index contributed by atoms with van der Waals surface area (Å²) in [7, 11) is 0. The molecule has 1 heterocycles. The van der Waals surface area contributed by atoms with Crippen molar-refractivity contribution >= 4 is 11.6 Å². The van der Waals surface area contributed by atoms with Crippen molar-refractivity contribution in [2.24, 2.45) is 0 Å². The number of nitrogens with zero attached hydrogens (tertiary/aromatic N) is 1. The molecule has 0 saturated carbocycles. The first kappa shape index (κ1) is 16.4. The van der Waals surface area contributed by atoms with Gasteiger partial charge in [0, 0.05) is 17.7 Å². The second kappa shape index (κ2) is 7.00. The van der Waals surface area contributed by atoms with E-state index in [1.165, 1.54) is 18.4 Å². The molecule has 0 bridgehead atoms. The molecule has 1 amide bonds. The van der Waals surface area contributed by atoms with Crippen LogP contribution in [0.4, 0.5) is 5.69 Å². The lowest BCUT2D eigenvalue weighted by Gasteiger charge is -2.18. The molecule has 3 rings (SSSR count). The molecule has 1 unspecified atom stereocenters. The van der Waals surface area contributed by atoms with Crippen LogP contribution in [0.5, 0.6) is 0 Å². The van der Waals surface area contributed by atoms with Crippen LogP contribution in [-0.4, -0.2) is 10.8 Å². The van der Waals surface area contributed by atoms with Crippen LogP contribution in [-0.2, 0) is 0 Å². The highest BCUT2D eigenvalue weighted by Crippen LogP contribution is 2.24. The number of nitrogens with one attached hydrogen (secondary N) is 1. The molecule has 0 aliphatic carbocycles. The van der Waals surface area contributed by atoms with Gasteiger partial charge in [-0.1, -0.05) is 36.4 Å². The molecule has 0 aliphatic rings. The Morgan fingerprint density at radius 1 is 1.12 bits per heavy atom. The highest BCUT2D eigenvalue weighted by Gasteiger charge is 2.22. The van der Waals surface area contributed by atoms with Crippen LogP contribution >= 0.6 is 0 Å². The van der Waals surface area contributed by atoms with Gasteiger partial charge in [0.1, 0.15) is 11.8 Å². The quantitative estimate of drug-likeness (QED) is 0.563. The zero-order chi connectivity index (χ0) is 17.8. The average molecular weight is 336 g/mol. The highest BCUT2D eigenvalue weighted by molar-refractivity contribution is 5.96. The topological polar surface area (TPSA) is 85.4 Å². The molecule has 1 aromatic heterocycles. The first-order chi connectivity index (χ1) is 12.1. The Labute approximate surface area is 144 Å². The van der Waals surface area contributed by atoms with Gasteiger partial charge in [-0.15, -0.1) is 0 Å². The molecule has 0 aliphatic heterocycles. The molecule has 0 spiro atoms. The molecule has 0 saturated heterocycles. The van der Waals surface area contributed by atoms with Crippen molar-refractivity contribution < 1.29 is 14.1 Å². The van der Waals surface area contributed by atoms with E-state index in [4.69, 9.17) is 4.42 Å². The van der Waals surface area contributed by atoms with Gasteiger partial charge >= 0.3 is 0 Å². The summed E-state index contributed by atoms with van der Waals surface area (Å²) in [5.41, 5.74) is 1.66. The van der Waals surface area contributed by atoms with E-state index in [2.05, 4.69) is 5.32 Å². The van der Waals surface area contributed by atoms with Gasteiger partial charge in [0.25, 0.3) is 11.6 Å². The predicted octanol–water partition coefficient (Wildman–Crippen LogP) is 4.02. The van der Waals surface area contributed by atoms with Crippen molar-refractivity contribution in [2.75, 3.05) is 0 Å². The zero-order valence-electron chi connectivity index (χ0n) is 13.5. The minimum Gasteiger partial charge on any atom is -0.467 e. The zero-order valence-corrected chi connectivity index (χ0v) is 13.5. The monoisotopic (exact) mass is 336 g/mol. The number of amides is 1. The lowest BCUT2D eigenvalue weighted by atomic mass is 10.0. The van der Waals surface area contributed by atoms with Crippen molar-refractivity contribution in [1.29, 1.82) is 0 Å². The average Bonchev–Trinajstić information content (AvgIpc) is 3.14. The summed E-state index contributed by atoms with van der Waals surface area (Å²) >= 11 is 0. The van der Waals surface area contributed by atoms with E-state index < -0.39 is 16.9 Å². The molecule has 0 radical (unpaired) electrons. The molecule has 3 aromatic rings. The lowest BCUT2D eigenvalue weighted by Crippen LogP contribution is -2.29. The molecular weight excluding hydrogens is 320 g/mol. The SMILES string of the molecule is Cc1ccc([N+](=O)[O-])cc1C(=O)NC(c1ccccc1)c1ccco1. The highest BCUT2D eigenvalue weighted by atomic mass is 16.6. The molecule has 2 aromatic carbocycles. The van der Waals surface area contributed by atoms with Crippen molar-refractivity contribution in [3.63, 3.8) is 0 Å². The first-order valence-corrected chi connectivity index (χ1v) is 7.70. The number of non-ortho nitro benzene ring substituents is 1. The number of hydrogen-bond acceptors (Lipinski definition) is 4. The van der Waals surface area contributed by atoms with E-state index in [0.29, 0.717) is 11.3 Å². The molecule has 6 nitrogen and oxygen atoms in total. The normalized spacial score (nSPS) is 11.7. The largest absolute Gasteiger partial charge is 0.467 e. The summed E-state index contributed by atoms with van der Waals surface area (Å²) in [6.07, 6.45) is 1.54. The summed E-state index contributed by atoms with van der Waals surface area (Å²) in [5, 5.41) is 13.9. The number of aryl methyl sites for hydroxylation is 1. The van der Waals surface area contributed by atoms with Crippen LogP contribution in [0.25, 0.3) is 0 Å². The fourth-order valence-electron chi connectivity index (χ4n) is 2.60. The van der Waals surface area contributed by atoms with Crippen LogP contribution in [0.3, 0.4) is 0 Å². The van der Waals surface area contributed by atoms with Gasteiger partial charge in [-0.25, -0.2) is 0 Å². The van der Waals surface area contributed by atoms with Gasteiger partial charge in [0.15, 0.2) is 0 Å². The third-order valence-corrected chi connectivity index (χ3v) is 3.91. The number of rotatable bonds is 5. The number of nitro benzene ring substituents is 1. The molecule has 126 valence electrons. The van der Waals surface area contributed by atoms with Gasteiger partial charge in [-0.3, -0.25) is 14.9 Å². The maximum Gasteiger partial charge on any atom is 0.270 e. The van der Waals surface area contributed by atoms with E-state index >= 15 is 0 Å². The minimum absolute atomic E-state index is 0.120. The molecule has 1 atom stereocenters. The first-order valence-electron chi connectivity index (χ1n) is 7.70. The van der Waals surface area contributed by atoms with E-state index in [0.717, 1.165) is 5.56 Å². The van der Waals surface area contributed by atoms with E-state index in [1.54, 1.807) is 25.1 Å². The van der Waals surface area contributed by atoms with Gasteiger partial charge in [-0.2, -0.15) is 0 Å². The standard InChI is InChI=1S/C19H16N2O4/c1-13-9-10-15(21(23)24)12-16(13)19(22)20-18(17-8-5-11-25-17)14-6-3-2-4-7-14/h2-12,18H,1H3,(H,20,22). The lowest BCUT2D eigenvalue weighted by molar-refractivity contribution is -0.384. The Bertz CT molecular complexity index is 889. The van der Waals surface area contributed by atoms with E-state index in [1.807, 2.05) is 30.3 Å². The van der Waals surface area contributed by atoms with Crippen LogP contribution in [0.15, 0.2) is 71.3 Å². The number of hydrogen-bond donors (Lipinski definition) is 1. The Morgan fingerprint density at radius 2 is 1.88 bits per heavy atom. The predicted molar refractivity (Wildman–Crippen MR) is 92.3 cm³/mol. The Balaban J connectivity index is 1.94. The van der Waals surface area contributed by atoms with Gasteiger partial charge in [0.05, 0.1) is 11.2 Å². The van der Waals surface area contributed by atoms with E-state index in [-0.39, 0.29) is 11.3 Å². The Hall–Kier alpha value is -3.41. The number of carbonyl (C=O) groups is 1. The molecular formula is C19H16N2O4. The fourth-order valence-corrected chi connectivity index (χ4v) is 2.60. The summed E-state index contributed by atoms with van der Waals surface area (Å²) in [5.74, 6) is 0.189. The van der Waals surface area contributed by atoms with Crippen molar-refractivity contribution in [1.82, 2.24) is 5.32 Å². The summed E-state index contributed by atoms with van der Waals surface area (Å²) < 4.78 is 5.46. The summed E-state index contributed by atoms with van der Waals surface area (Å²) in [6.45, 7) is 1.74. The third-order valence-electron chi connectivity index (χ3n) is 3.91. The molecule has 1 N–H and O–H groups in total. The number of benzene rings is 2. The van der Waals surface area contributed by atoms with Gasteiger partial charge in [0.2, 0.25) is 0 Å². The smallest absolute Gasteiger partial charge is 0.270 e. The number of nitro groups is 1. The summed E-state index contributed by atoms with van der Waals surface area (Å²) in [4.78, 5) is 23.2. The summed E-state index contributed by atoms with van der Waals surface area (Å²) in [6, 6.07) is 16.7. The van der Waals surface area contributed by atoms with Crippen molar-refractivity contribution in [3.05, 3.63) is 99.5 Å². The number of carbonyl (C=O) groups excluding carboxylic acids is 1.